The molecule has 0 N–H and O–H groups in total. The highest BCUT2D eigenvalue weighted by atomic mass is 16.2. The maximum absolute atomic E-state index is 12.5. The van der Waals surface area contributed by atoms with Gasteiger partial charge in [-0.25, -0.2) is 0 Å². The summed E-state index contributed by atoms with van der Waals surface area (Å²) in [6.45, 7) is 5.85. The molecule has 2 aliphatic heterocycles. The summed E-state index contributed by atoms with van der Waals surface area (Å²) in [5.41, 5.74) is 2.75. The molecule has 5 heteroatoms. The molecule has 0 spiro atoms. The normalized spacial score (nSPS) is 17.7. The van der Waals surface area contributed by atoms with E-state index in [4.69, 9.17) is 0 Å². The lowest BCUT2D eigenvalue weighted by atomic mass is 10.1. The fraction of sp³-hybridized carbons (Fsp3) is 0.391. The third kappa shape index (κ3) is 4.25. The number of piperazine rings is 1. The van der Waals surface area contributed by atoms with Crippen molar-refractivity contribution in [3.8, 4) is 0 Å². The number of rotatable bonds is 4. The number of benzene rings is 2. The molecular formula is C23H27N3O2. The number of likely N-dealkylation sites (tertiary alicyclic amines) is 1. The van der Waals surface area contributed by atoms with Crippen LogP contribution in [0.4, 0.5) is 0 Å². The van der Waals surface area contributed by atoms with E-state index in [0.29, 0.717) is 0 Å². The Bertz CT molecular complexity index is 806. The van der Waals surface area contributed by atoms with E-state index in [-0.39, 0.29) is 11.8 Å². The Hall–Kier alpha value is -2.66. The second-order valence-electron chi connectivity index (χ2n) is 7.63. The van der Waals surface area contributed by atoms with Crippen LogP contribution in [0.25, 0.3) is 0 Å². The fourth-order valence-corrected chi connectivity index (χ4v) is 3.99. The summed E-state index contributed by atoms with van der Waals surface area (Å²) in [7, 11) is 0. The van der Waals surface area contributed by atoms with E-state index in [9.17, 15) is 9.59 Å². The average Bonchev–Trinajstić information content (AvgIpc) is 3.29. The molecule has 0 radical (unpaired) electrons. The topological polar surface area (TPSA) is 43.9 Å². The second-order valence-corrected chi connectivity index (χ2v) is 7.63. The molecule has 0 aliphatic carbocycles. The third-order valence-electron chi connectivity index (χ3n) is 5.68. The zero-order valence-electron chi connectivity index (χ0n) is 16.2. The molecule has 2 saturated heterocycles. The molecule has 2 fully saturated rings. The van der Waals surface area contributed by atoms with Gasteiger partial charge in [-0.3, -0.25) is 14.5 Å². The Morgan fingerprint density at radius 3 is 1.79 bits per heavy atom. The smallest absolute Gasteiger partial charge is 0.253 e. The second kappa shape index (κ2) is 8.57. The van der Waals surface area contributed by atoms with Crippen molar-refractivity contribution in [3.63, 3.8) is 0 Å². The predicted octanol–water partition coefficient (Wildman–Crippen LogP) is 2.88. The molecule has 4 rings (SSSR count). The zero-order chi connectivity index (χ0) is 19.3. The van der Waals surface area contributed by atoms with Gasteiger partial charge in [0.2, 0.25) is 0 Å². The number of hydrogen-bond acceptors (Lipinski definition) is 3. The molecule has 5 nitrogen and oxygen atoms in total. The quantitative estimate of drug-likeness (QED) is 0.823. The summed E-state index contributed by atoms with van der Waals surface area (Å²) in [6, 6.07) is 17.5. The minimum absolute atomic E-state index is 0.116. The molecule has 0 atom stereocenters. The van der Waals surface area contributed by atoms with Gasteiger partial charge in [0, 0.05) is 56.9 Å². The van der Waals surface area contributed by atoms with Crippen LogP contribution in [-0.4, -0.2) is 65.8 Å². The van der Waals surface area contributed by atoms with Crippen LogP contribution in [0.15, 0.2) is 54.6 Å². The van der Waals surface area contributed by atoms with E-state index in [1.807, 2.05) is 52.3 Å². The minimum Gasteiger partial charge on any atom is -0.339 e. The molecule has 2 aliphatic rings. The van der Waals surface area contributed by atoms with Crippen LogP contribution in [0.3, 0.4) is 0 Å². The van der Waals surface area contributed by atoms with Crippen molar-refractivity contribution >= 4 is 11.8 Å². The summed E-state index contributed by atoms with van der Waals surface area (Å²) in [5, 5.41) is 0. The number of amides is 2. The van der Waals surface area contributed by atoms with Crippen LogP contribution < -0.4 is 0 Å². The van der Waals surface area contributed by atoms with Crippen LogP contribution in [0.1, 0.15) is 39.1 Å². The van der Waals surface area contributed by atoms with E-state index in [2.05, 4.69) is 17.0 Å². The van der Waals surface area contributed by atoms with Gasteiger partial charge in [0.15, 0.2) is 0 Å². The SMILES string of the molecule is O=C(c1ccc(CN2CCN(C(=O)c3ccccc3)CC2)cc1)N1CCCC1. The summed E-state index contributed by atoms with van der Waals surface area (Å²) in [6.07, 6.45) is 2.23. The minimum atomic E-state index is 0.116. The van der Waals surface area contributed by atoms with Gasteiger partial charge in [0.25, 0.3) is 11.8 Å². The molecule has 0 unspecified atom stereocenters. The highest BCUT2D eigenvalue weighted by Gasteiger charge is 2.22. The molecule has 2 amide bonds. The first kappa shape index (κ1) is 18.7. The Morgan fingerprint density at radius 1 is 0.643 bits per heavy atom. The van der Waals surface area contributed by atoms with Gasteiger partial charge in [0.05, 0.1) is 0 Å². The Labute approximate surface area is 166 Å². The monoisotopic (exact) mass is 377 g/mol. The molecule has 146 valence electrons. The Morgan fingerprint density at radius 2 is 1.18 bits per heavy atom. The van der Waals surface area contributed by atoms with Crippen molar-refractivity contribution in [2.45, 2.75) is 19.4 Å². The van der Waals surface area contributed by atoms with Crippen LogP contribution in [0, 0.1) is 0 Å². The van der Waals surface area contributed by atoms with Gasteiger partial charge in [0.1, 0.15) is 0 Å². The third-order valence-corrected chi connectivity index (χ3v) is 5.68. The first-order valence-corrected chi connectivity index (χ1v) is 10.2. The maximum Gasteiger partial charge on any atom is 0.253 e. The maximum atomic E-state index is 12.5. The largest absolute Gasteiger partial charge is 0.339 e. The number of nitrogens with zero attached hydrogens (tertiary/aromatic N) is 3. The van der Waals surface area contributed by atoms with Crippen LogP contribution >= 0.6 is 0 Å². The summed E-state index contributed by atoms with van der Waals surface area (Å²) >= 11 is 0. The summed E-state index contributed by atoms with van der Waals surface area (Å²) in [4.78, 5) is 31.2. The Kier molecular flexibility index (Phi) is 5.72. The summed E-state index contributed by atoms with van der Waals surface area (Å²) in [5.74, 6) is 0.266. The first-order valence-electron chi connectivity index (χ1n) is 10.2. The van der Waals surface area contributed by atoms with Crippen LogP contribution in [0.2, 0.25) is 0 Å². The molecule has 28 heavy (non-hydrogen) atoms. The average molecular weight is 377 g/mol. The van der Waals surface area contributed by atoms with Gasteiger partial charge in [-0.1, -0.05) is 30.3 Å². The Balaban J connectivity index is 1.29. The standard InChI is InChI=1S/C23H27N3O2/c27-22(20-6-2-1-3-7-20)26-16-14-24(15-17-26)18-19-8-10-21(11-9-19)23(28)25-12-4-5-13-25/h1-3,6-11H,4-5,12-18H2. The fourth-order valence-electron chi connectivity index (χ4n) is 3.99. The molecule has 0 saturated carbocycles. The van der Waals surface area contributed by atoms with Gasteiger partial charge in [-0.2, -0.15) is 0 Å². The van der Waals surface area contributed by atoms with Crippen molar-refractivity contribution in [1.82, 2.24) is 14.7 Å². The summed E-state index contributed by atoms with van der Waals surface area (Å²) < 4.78 is 0. The van der Waals surface area contributed by atoms with Gasteiger partial charge in [-0.05, 0) is 42.7 Å². The van der Waals surface area contributed by atoms with E-state index < -0.39 is 0 Å². The van der Waals surface area contributed by atoms with Crippen molar-refractivity contribution in [1.29, 1.82) is 0 Å². The lowest BCUT2D eigenvalue weighted by Gasteiger charge is -2.34. The number of carbonyl (C=O) groups excluding carboxylic acids is 2. The van der Waals surface area contributed by atoms with Crippen molar-refractivity contribution in [2.24, 2.45) is 0 Å². The highest BCUT2D eigenvalue weighted by molar-refractivity contribution is 5.94. The van der Waals surface area contributed by atoms with Gasteiger partial charge < -0.3 is 9.80 Å². The first-order chi connectivity index (χ1) is 13.7. The van der Waals surface area contributed by atoms with E-state index >= 15 is 0 Å². The molecule has 0 bridgehead atoms. The lowest BCUT2D eigenvalue weighted by Crippen LogP contribution is -2.48. The highest BCUT2D eigenvalue weighted by Crippen LogP contribution is 2.15. The van der Waals surface area contributed by atoms with Crippen molar-refractivity contribution in [3.05, 3.63) is 71.3 Å². The predicted molar refractivity (Wildman–Crippen MR) is 109 cm³/mol. The molecule has 0 aromatic heterocycles. The van der Waals surface area contributed by atoms with E-state index in [1.165, 1.54) is 5.56 Å². The molecule has 2 heterocycles. The van der Waals surface area contributed by atoms with Gasteiger partial charge >= 0.3 is 0 Å². The molecule has 2 aromatic carbocycles. The van der Waals surface area contributed by atoms with E-state index in [0.717, 1.165) is 69.8 Å². The van der Waals surface area contributed by atoms with Crippen LogP contribution in [0.5, 0.6) is 0 Å². The molecular weight excluding hydrogens is 350 g/mol. The van der Waals surface area contributed by atoms with Crippen LogP contribution in [-0.2, 0) is 6.54 Å². The van der Waals surface area contributed by atoms with Crippen molar-refractivity contribution in [2.75, 3.05) is 39.3 Å². The number of hydrogen-bond donors (Lipinski definition) is 0. The van der Waals surface area contributed by atoms with E-state index in [1.54, 1.807) is 0 Å². The zero-order valence-corrected chi connectivity index (χ0v) is 16.2. The molecule has 2 aromatic rings. The number of carbonyl (C=O) groups is 2. The lowest BCUT2D eigenvalue weighted by molar-refractivity contribution is 0.0628. The van der Waals surface area contributed by atoms with Gasteiger partial charge in [-0.15, -0.1) is 0 Å². The van der Waals surface area contributed by atoms with Crippen molar-refractivity contribution < 1.29 is 9.59 Å².